The van der Waals surface area contributed by atoms with Crippen molar-refractivity contribution in [3.05, 3.63) is 35.1 Å². The molecule has 1 saturated heterocycles. The number of nitrogens with two attached hydrogens (primary N) is 1. The summed E-state index contributed by atoms with van der Waals surface area (Å²) in [5.41, 5.74) is 5.44. The van der Waals surface area contributed by atoms with Gasteiger partial charge in [0.05, 0.1) is 17.7 Å². The average molecular weight is 290 g/mol. The fourth-order valence-corrected chi connectivity index (χ4v) is 2.25. The Kier molecular flexibility index (Phi) is 4.94. The van der Waals surface area contributed by atoms with Crippen LogP contribution >= 0.6 is 0 Å². The molecule has 1 fully saturated rings. The minimum absolute atomic E-state index is 0.167. The molecule has 2 rings (SSSR count). The highest BCUT2D eigenvalue weighted by Gasteiger charge is 2.30. The van der Waals surface area contributed by atoms with Crippen LogP contribution in [0.15, 0.2) is 18.2 Å². The lowest BCUT2D eigenvalue weighted by Gasteiger charge is -2.23. The number of ether oxygens (including phenoxy) is 1. The number of carbonyl (C=O) groups is 1. The summed E-state index contributed by atoms with van der Waals surface area (Å²) < 4.78 is 19.4. The van der Waals surface area contributed by atoms with E-state index in [1.807, 2.05) is 6.92 Å². The Morgan fingerprint density at radius 2 is 2.38 bits per heavy atom. The van der Waals surface area contributed by atoms with Crippen molar-refractivity contribution in [2.24, 2.45) is 5.73 Å². The SMILES string of the molecule is CC1(CNC(=O)c2ccc(C#CCN)c(F)c2)CCCO1. The number of rotatable bonds is 3. The van der Waals surface area contributed by atoms with E-state index in [1.165, 1.54) is 12.1 Å². The Balaban J connectivity index is 2.01. The van der Waals surface area contributed by atoms with Crippen molar-refractivity contribution in [2.75, 3.05) is 19.7 Å². The van der Waals surface area contributed by atoms with Crippen LogP contribution < -0.4 is 11.1 Å². The molecule has 4 nitrogen and oxygen atoms in total. The van der Waals surface area contributed by atoms with Crippen molar-refractivity contribution < 1.29 is 13.9 Å². The zero-order chi connectivity index (χ0) is 15.3. The number of benzene rings is 1. The highest BCUT2D eigenvalue weighted by Crippen LogP contribution is 2.24. The van der Waals surface area contributed by atoms with Gasteiger partial charge >= 0.3 is 0 Å². The normalized spacial score (nSPS) is 20.7. The predicted molar refractivity (Wildman–Crippen MR) is 78.3 cm³/mol. The first-order valence-electron chi connectivity index (χ1n) is 6.95. The van der Waals surface area contributed by atoms with E-state index >= 15 is 0 Å². The summed E-state index contributed by atoms with van der Waals surface area (Å²) in [6, 6.07) is 4.23. The van der Waals surface area contributed by atoms with E-state index in [1.54, 1.807) is 6.07 Å². The third kappa shape index (κ3) is 4.03. The van der Waals surface area contributed by atoms with Crippen LogP contribution in [0.2, 0.25) is 0 Å². The van der Waals surface area contributed by atoms with E-state index < -0.39 is 5.82 Å². The minimum Gasteiger partial charge on any atom is -0.373 e. The van der Waals surface area contributed by atoms with Crippen LogP contribution in [0, 0.1) is 17.7 Å². The summed E-state index contributed by atoms with van der Waals surface area (Å²) in [5, 5.41) is 2.78. The molecule has 0 spiro atoms. The first-order chi connectivity index (χ1) is 10.0. The van der Waals surface area contributed by atoms with Gasteiger partial charge in [0.2, 0.25) is 0 Å². The van der Waals surface area contributed by atoms with Gasteiger partial charge in [0.25, 0.3) is 5.91 Å². The summed E-state index contributed by atoms with van der Waals surface area (Å²) in [6.45, 7) is 3.27. The topological polar surface area (TPSA) is 64.4 Å². The maximum Gasteiger partial charge on any atom is 0.251 e. The monoisotopic (exact) mass is 290 g/mol. The summed E-state index contributed by atoms with van der Waals surface area (Å²) >= 11 is 0. The molecule has 1 unspecified atom stereocenters. The van der Waals surface area contributed by atoms with Gasteiger partial charge in [-0.2, -0.15) is 0 Å². The molecule has 21 heavy (non-hydrogen) atoms. The molecular formula is C16H19FN2O2. The molecule has 0 bridgehead atoms. The number of amides is 1. The highest BCUT2D eigenvalue weighted by molar-refractivity contribution is 5.94. The van der Waals surface area contributed by atoms with Gasteiger partial charge < -0.3 is 15.8 Å². The molecule has 3 N–H and O–H groups in total. The van der Waals surface area contributed by atoms with Crippen molar-refractivity contribution in [3.8, 4) is 11.8 Å². The van der Waals surface area contributed by atoms with Gasteiger partial charge in [-0.1, -0.05) is 11.8 Å². The lowest BCUT2D eigenvalue weighted by molar-refractivity contribution is 0.0206. The first kappa shape index (κ1) is 15.5. The van der Waals surface area contributed by atoms with E-state index in [-0.39, 0.29) is 29.2 Å². The van der Waals surface area contributed by atoms with Crippen LogP contribution in [0.4, 0.5) is 4.39 Å². The third-order valence-electron chi connectivity index (χ3n) is 3.48. The molecule has 0 saturated carbocycles. The maximum absolute atomic E-state index is 13.8. The Labute approximate surface area is 123 Å². The van der Waals surface area contributed by atoms with Gasteiger partial charge in [0.15, 0.2) is 0 Å². The molecule has 0 aromatic heterocycles. The van der Waals surface area contributed by atoms with Gasteiger partial charge in [-0.3, -0.25) is 4.79 Å². The molecule has 1 aromatic rings. The molecule has 0 aliphatic carbocycles. The number of hydrogen-bond acceptors (Lipinski definition) is 3. The number of carbonyl (C=O) groups excluding carboxylic acids is 1. The van der Waals surface area contributed by atoms with Crippen molar-refractivity contribution in [1.29, 1.82) is 0 Å². The van der Waals surface area contributed by atoms with Crippen molar-refractivity contribution in [3.63, 3.8) is 0 Å². The molecule has 1 heterocycles. The zero-order valence-corrected chi connectivity index (χ0v) is 12.0. The Hall–Kier alpha value is -1.90. The van der Waals surface area contributed by atoms with Gasteiger partial charge in [0, 0.05) is 18.7 Å². The molecule has 1 aliphatic rings. The Bertz CT molecular complexity index is 584. The standard InChI is InChI=1S/C16H19FN2O2/c1-16(7-3-9-21-16)11-19-15(20)13-6-5-12(4-2-8-18)14(17)10-13/h5-6,10H,3,7-9,11,18H2,1H3,(H,19,20). The van der Waals surface area contributed by atoms with Crippen molar-refractivity contribution in [2.45, 2.75) is 25.4 Å². The number of hydrogen-bond donors (Lipinski definition) is 2. The van der Waals surface area contributed by atoms with E-state index in [2.05, 4.69) is 17.2 Å². The van der Waals surface area contributed by atoms with E-state index in [0.29, 0.717) is 6.54 Å². The fourth-order valence-electron chi connectivity index (χ4n) is 2.25. The van der Waals surface area contributed by atoms with Crippen molar-refractivity contribution in [1.82, 2.24) is 5.32 Å². The quantitative estimate of drug-likeness (QED) is 0.828. The summed E-state index contributed by atoms with van der Waals surface area (Å²) in [6.07, 6.45) is 1.91. The fraction of sp³-hybridized carbons (Fsp3) is 0.438. The molecule has 0 radical (unpaired) electrons. The second kappa shape index (κ2) is 6.70. The van der Waals surface area contributed by atoms with E-state index in [4.69, 9.17) is 10.5 Å². The summed E-state index contributed by atoms with van der Waals surface area (Å²) in [7, 11) is 0. The molecular weight excluding hydrogens is 271 g/mol. The van der Waals surface area contributed by atoms with Gasteiger partial charge in [-0.25, -0.2) is 4.39 Å². The highest BCUT2D eigenvalue weighted by atomic mass is 19.1. The molecule has 1 aromatic carbocycles. The lowest BCUT2D eigenvalue weighted by Crippen LogP contribution is -2.40. The molecule has 1 atom stereocenters. The smallest absolute Gasteiger partial charge is 0.251 e. The second-order valence-electron chi connectivity index (χ2n) is 5.29. The van der Waals surface area contributed by atoms with Crippen LogP contribution in [0.3, 0.4) is 0 Å². The van der Waals surface area contributed by atoms with Crippen LogP contribution in [-0.4, -0.2) is 31.2 Å². The molecule has 112 valence electrons. The average Bonchev–Trinajstić information content (AvgIpc) is 2.91. The number of nitrogens with one attached hydrogen (secondary N) is 1. The second-order valence-corrected chi connectivity index (χ2v) is 5.29. The Morgan fingerprint density at radius 1 is 1.57 bits per heavy atom. The van der Waals surface area contributed by atoms with Crippen LogP contribution in [0.1, 0.15) is 35.7 Å². The van der Waals surface area contributed by atoms with Gasteiger partial charge in [-0.15, -0.1) is 0 Å². The Morgan fingerprint density at radius 3 is 3.00 bits per heavy atom. The minimum atomic E-state index is -0.521. The summed E-state index contributed by atoms with van der Waals surface area (Å²) in [5.74, 6) is 4.36. The third-order valence-corrected chi connectivity index (χ3v) is 3.48. The summed E-state index contributed by atoms with van der Waals surface area (Å²) in [4.78, 5) is 12.0. The molecule has 5 heteroatoms. The van der Waals surface area contributed by atoms with Crippen LogP contribution in [0.25, 0.3) is 0 Å². The van der Waals surface area contributed by atoms with E-state index in [0.717, 1.165) is 19.4 Å². The van der Waals surface area contributed by atoms with Gasteiger partial charge in [-0.05, 0) is 38.0 Å². The number of halogens is 1. The van der Waals surface area contributed by atoms with Crippen LogP contribution in [0.5, 0.6) is 0 Å². The first-order valence-corrected chi connectivity index (χ1v) is 6.95. The zero-order valence-electron chi connectivity index (χ0n) is 12.0. The molecule has 1 amide bonds. The molecule has 1 aliphatic heterocycles. The van der Waals surface area contributed by atoms with Gasteiger partial charge in [0.1, 0.15) is 5.82 Å². The van der Waals surface area contributed by atoms with E-state index in [9.17, 15) is 9.18 Å². The van der Waals surface area contributed by atoms with Crippen molar-refractivity contribution >= 4 is 5.91 Å². The maximum atomic E-state index is 13.8. The predicted octanol–water partition coefficient (Wildman–Crippen LogP) is 1.43. The largest absolute Gasteiger partial charge is 0.373 e. The lowest BCUT2D eigenvalue weighted by atomic mass is 10.0. The van der Waals surface area contributed by atoms with Crippen LogP contribution in [-0.2, 0) is 4.74 Å².